The quantitative estimate of drug-likeness (QED) is 0.662. The SMILES string of the molecule is CCN(CCS)C1CCCCC1. The lowest BCUT2D eigenvalue weighted by Crippen LogP contribution is -2.37. The van der Waals surface area contributed by atoms with Crippen molar-refractivity contribution in [2.75, 3.05) is 18.8 Å². The van der Waals surface area contributed by atoms with E-state index in [1.54, 1.807) is 0 Å². The van der Waals surface area contributed by atoms with Crippen molar-refractivity contribution in [3.63, 3.8) is 0 Å². The summed E-state index contributed by atoms with van der Waals surface area (Å²) in [6, 6.07) is 0.871. The molecule has 0 radical (unpaired) electrons. The van der Waals surface area contributed by atoms with Crippen LogP contribution in [0, 0.1) is 0 Å². The van der Waals surface area contributed by atoms with Gasteiger partial charge >= 0.3 is 0 Å². The van der Waals surface area contributed by atoms with Crippen LogP contribution in [-0.2, 0) is 0 Å². The van der Waals surface area contributed by atoms with Gasteiger partial charge in [0, 0.05) is 18.3 Å². The van der Waals surface area contributed by atoms with Gasteiger partial charge in [0.25, 0.3) is 0 Å². The molecule has 0 unspecified atom stereocenters. The molecule has 1 saturated carbocycles. The summed E-state index contributed by atoms with van der Waals surface area (Å²) in [6.07, 6.45) is 7.17. The summed E-state index contributed by atoms with van der Waals surface area (Å²) in [5.41, 5.74) is 0. The smallest absolute Gasteiger partial charge is 0.00954 e. The fourth-order valence-electron chi connectivity index (χ4n) is 2.17. The van der Waals surface area contributed by atoms with E-state index < -0.39 is 0 Å². The Morgan fingerprint density at radius 1 is 1.25 bits per heavy atom. The average molecular weight is 187 g/mol. The Labute approximate surface area is 81.9 Å². The third-order valence-electron chi connectivity index (χ3n) is 2.88. The van der Waals surface area contributed by atoms with Crippen LogP contribution in [0.15, 0.2) is 0 Å². The molecule has 1 aliphatic rings. The zero-order valence-electron chi connectivity index (χ0n) is 8.13. The standard InChI is InChI=1S/C10H21NS/c1-2-11(8-9-12)10-6-4-3-5-7-10/h10,12H,2-9H2,1H3. The second kappa shape index (κ2) is 5.87. The predicted octanol–water partition coefficient (Wildman–Crippen LogP) is 2.57. The van der Waals surface area contributed by atoms with E-state index >= 15 is 0 Å². The molecule has 0 N–H and O–H groups in total. The van der Waals surface area contributed by atoms with E-state index in [-0.39, 0.29) is 0 Å². The minimum atomic E-state index is 0.871. The highest BCUT2D eigenvalue weighted by Gasteiger charge is 2.18. The molecule has 0 spiro atoms. The molecular weight excluding hydrogens is 166 g/mol. The van der Waals surface area contributed by atoms with Crippen LogP contribution in [0.25, 0.3) is 0 Å². The first kappa shape index (κ1) is 10.4. The molecule has 0 aromatic heterocycles. The molecule has 0 atom stereocenters. The van der Waals surface area contributed by atoms with Crippen LogP contribution in [0.5, 0.6) is 0 Å². The molecule has 1 fully saturated rings. The summed E-state index contributed by atoms with van der Waals surface area (Å²) in [6.45, 7) is 4.63. The van der Waals surface area contributed by atoms with Gasteiger partial charge in [-0.3, -0.25) is 4.90 Å². The summed E-state index contributed by atoms with van der Waals surface area (Å²) in [5.74, 6) is 1.00. The molecule has 0 heterocycles. The lowest BCUT2D eigenvalue weighted by Gasteiger charge is -2.33. The van der Waals surface area contributed by atoms with Crippen LogP contribution in [0.1, 0.15) is 39.0 Å². The van der Waals surface area contributed by atoms with Gasteiger partial charge in [-0.2, -0.15) is 12.6 Å². The van der Waals surface area contributed by atoms with Gasteiger partial charge in [-0.15, -0.1) is 0 Å². The Bertz CT molecular complexity index is 108. The first-order valence-electron chi connectivity index (χ1n) is 5.23. The monoisotopic (exact) mass is 187 g/mol. The Balaban J connectivity index is 2.29. The molecular formula is C10H21NS. The minimum Gasteiger partial charge on any atom is -0.300 e. The Kier molecular flexibility index (Phi) is 5.08. The third-order valence-corrected chi connectivity index (χ3v) is 3.08. The van der Waals surface area contributed by atoms with E-state index in [0.29, 0.717) is 0 Å². The van der Waals surface area contributed by atoms with Crippen LogP contribution in [0.4, 0.5) is 0 Å². The summed E-state index contributed by atoms with van der Waals surface area (Å²) >= 11 is 4.29. The van der Waals surface area contributed by atoms with Crippen molar-refractivity contribution in [2.45, 2.75) is 45.1 Å². The number of rotatable bonds is 4. The van der Waals surface area contributed by atoms with Crippen molar-refractivity contribution >= 4 is 12.6 Å². The van der Waals surface area contributed by atoms with Gasteiger partial charge < -0.3 is 0 Å². The average Bonchev–Trinajstić information content (AvgIpc) is 2.15. The lowest BCUT2D eigenvalue weighted by molar-refractivity contribution is 0.173. The molecule has 12 heavy (non-hydrogen) atoms. The topological polar surface area (TPSA) is 3.24 Å². The van der Waals surface area contributed by atoms with Crippen LogP contribution in [-0.4, -0.2) is 29.8 Å². The molecule has 0 saturated heterocycles. The van der Waals surface area contributed by atoms with Crippen molar-refractivity contribution in [1.82, 2.24) is 4.90 Å². The molecule has 0 bridgehead atoms. The molecule has 1 nitrogen and oxygen atoms in total. The summed E-state index contributed by atoms with van der Waals surface area (Å²) in [4.78, 5) is 2.59. The van der Waals surface area contributed by atoms with E-state index in [1.165, 1.54) is 45.2 Å². The maximum Gasteiger partial charge on any atom is 0.00954 e. The number of hydrogen-bond acceptors (Lipinski definition) is 2. The predicted molar refractivity (Wildman–Crippen MR) is 58.0 cm³/mol. The number of nitrogens with zero attached hydrogens (tertiary/aromatic N) is 1. The van der Waals surface area contributed by atoms with Crippen molar-refractivity contribution in [3.8, 4) is 0 Å². The van der Waals surface area contributed by atoms with Crippen molar-refractivity contribution in [1.29, 1.82) is 0 Å². The normalized spacial score (nSPS) is 20.2. The highest BCUT2D eigenvalue weighted by molar-refractivity contribution is 7.80. The second-order valence-corrected chi connectivity index (χ2v) is 4.09. The van der Waals surface area contributed by atoms with Gasteiger partial charge in [-0.1, -0.05) is 26.2 Å². The second-order valence-electron chi connectivity index (χ2n) is 3.64. The van der Waals surface area contributed by atoms with E-state index in [9.17, 15) is 0 Å². The first-order chi connectivity index (χ1) is 5.88. The van der Waals surface area contributed by atoms with Gasteiger partial charge in [0.05, 0.1) is 0 Å². The van der Waals surface area contributed by atoms with Gasteiger partial charge in [-0.25, -0.2) is 0 Å². The molecule has 0 amide bonds. The van der Waals surface area contributed by atoms with Crippen LogP contribution in [0.2, 0.25) is 0 Å². The Morgan fingerprint density at radius 3 is 2.42 bits per heavy atom. The summed E-state index contributed by atoms with van der Waals surface area (Å²) < 4.78 is 0. The van der Waals surface area contributed by atoms with Gasteiger partial charge in [0.1, 0.15) is 0 Å². The largest absolute Gasteiger partial charge is 0.300 e. The first-order valence-corrected chi connectivity index (χ1v) is 5.86. The molecule has 0 aliphatic heterocycles. The molecule has 0 aromatic carbocycles. The Morgan fingerprint density at radius 2 is 1.92 bits per heavy atom. The zero-order chi connectivity index (χ0) is 8.81. The molecule has 2 heteroatoms. The highest BCUT2D eigenvalue weighted by Crippen LogP contribution is 2.22. The van der Waals surface area contributed by atoms with E-state index in [1.807, 2.05) is 0 Å². The molecule has 0 aromatic rings. The van der Waals surface area contributed by atoms with Crippen LogP contribution < -0.4 is 0 Å². The summed E-state index contributed by atoms with van der Waals surface area (Å²) in [7, 11) is 0. The Hall–Kier alpha value is 0.310. The fraction of sp³-hybridized carbons (Fsp3) is 1.00. The molecule has 1 rings (SSSR count). The fourth-order valence-corrected chi connectivity index (χ4v) is 2.43. The van der Waals surface area contributed by atoms with Gasteiger partial charge in [0.2, 0.25) is 0 Å². The zero-order valence-corrected chi connectivity index (χ0v) is 9.02. The highest BCUT2D eigenvalue weighted by atomic mass is 32.1. The van der Waals surface area contributed by atoms with Crippen LogP contribution in [0.3, 0.4) is 0 Å². The van der Waals surface area contributed by atoms with E-state index in [4.69, 9.17) is 0 Å². The van der Waals surface area contributed by atoms with E-state index in [2.05, 4.69) is 24.5 Å². The maximum absolute atomic E-state index is 4.29. The third kappa shape index (κ3) is 2.98. The molecule has 1 aliphatic carbocycles. The number of thiol groups is 1. The maximum atomic E-state index is 4.29. The van der Waals surface area contributed by atoms with Crippen molar-refractivity contribution < 1.29 is 0 Å². The van der Waals surface area contributed by atoms with Crippen molar-refractivity contribution in [2.24, 2.45) is 0 Å². The van der Waals surface area contributed by atoms with Crippen molar-refractivity contribution in [3.05, 3.63) is 0 Å². The van der Waals surface area contributed by atoms with Gasteiger partial charge in [-0.05, 0) is 19.4 Å². The van der Waals surface area contributed by atoms with Gasteiger partial charge in [0.15, 0.2) is 0 Å². The molecule has 72 valence electrons. The lowest BCUT2D eigenvalue weighted by atomic mass is 9.94. The number of hydrogen-bond donors (Lipinski definition) is 1. The minimum absolute atomic E-state index is 0.871. The van der Waals surface area contributed by atoms with E-state index in [0.717, 1.165) is 11.8 Å². The summed E-state index contributed by atoms with van der Waals surface area (Å²) in [5, 5.41) is 0. The van der Waals surface area contributed by atoms with Crippen LogP contribution >= 0.6 is 12.6 Å².